The Morgan fingerprint density at radius 2 is 1.79 bits per heavy atom. The van der Waals surface area contributed by atoms with Gasteiger partial charge in [0, 0.05) is 22.2 Å². The maximum Gasteiger partial charge on any atom is 0.254 e. The molecular weight excluding hydrogens is 349 g/mol. The van der Waals surface area contributed by atoms with Gasteiger partial charge in [-0.25, -0.2) is 0 Å². The summed E-state index contributed by atoms with van der Waals surface area (Å²) in [5, 5.41) is 0. The molecule has 2 aromatic carbocycles. The van der Waals surface area contributed by atoms with E-state index in [1.165, 1.54) is 14.7 Å². The molecule has 1 heterocycles. The highest BCUT2D eigenvalue weighted by atomic mass is 127. The van der Waals surface area contributed by atoms with Crippen LogP contribution in [0.3, 0.4) is 0 Å². The molecule has 0 spiro atoms. The zero-order valence-corrected chi connectivity index (χ0v) is 12.6. The highest BCUT2D eigenvalue weighted by Crippen LogP contribution is 2.20. The smallest absolute Gasteiger partial charge is 0.254 e. The Morgan fingerprint density at radius 1 is 1.05 bits per heavy atom. The molecule has 1 amide bonds. The topological polar surface area (TPSA) is 20.3 Å². The summed E-state index contributed by atoms with van der Waals surface area (Å²) in [6, 6.07) is 16.3. The van der Waals surface area contributed by atoms with E-state index in [9.17, 15) is 4.79 Å². The van der Waals surface area contributed by atoms with Crippen LogP contribution in [-0.4, -0.2) is 17.4 Å². The molecule has 96 valence electrons. The van der Waals surface area contributed by atoms with Gasteiger partial charge in [0.1, 0.15) is 0 Å². The van der Waals surface area contributed by atoms with Crippen LogP contribution in [0.1, 0.15) is 21.5 Å². The largest absolute Gasteiger partial charge is 0.334 e. The molecule has 3 heteroatoms. The van der Waals surface area contributed by atoms with Crippen LogP contribution in [0.2, 0.25) is 0 Å². The monoisotopic (exact) mass is 363 g/mol. The van der Waals surface area contributed by atoms with Gasteiger partial charge >= 0.3 is 0 Å². The highest BCUT2D eigenvalue weighted by molar-refractivity contribution is 14.1. The third-order valence-electron chi connectivity index (χ3n) is 3.47. The molecule has 1 aliphatic heterocycles. The van der Waals surface area contributed by atoms with Crippen molar-refractivity contribution in [3.63, 3.8) is 0 Å². The van der Waals surface area contributed by atoms with Gasteiger partial charge in [-0.1, -0.05) is 30.3 Å². The fourth-order valence-corrected chi connectivity index (χ4v) is 2.79. The maximum atomic E-state index is 12.4. The van der Waals surface area contributed by atoms with Gasteiger partial charge in [0.15, 0.2) is 0 Å². The number of amides is 1. The van der Waals surface area contributed by atoms with Crippen molar-refractivity contribution in [1.29, 1.82) is 0 Å². The summed E-state index contributed by atoms with van der Waals surface area (Å²) in [5.74, 6) is 0.153. The predicted octanol–water partition coefficient (Wildman–Crippen LogP) is 3.49. The van der Waals surface area contributed by atoms with Crippen LogP contribution < -0.4 is 0 Å². The van der Waals surface area contributed by atoms with E-state index in [-0.39, 0.29) is 5.91 Å². The molecule has 2 aromatic rings. The molecule has 2 nitrogen and oxygen atoms in total. The molecule has 0 saturated heterocycles. The number of benzene rings is 2. The molecule has 1 aliphatic rings. The van der Waals surface area contributed by atoms with Crippen molar-refractivity contribution >= 4 is 28.5 Å². The van der Waals surface area contributed by atoms with Gasteiger partial charge < -0.3 is 4.90 Å². The first-order valence-corrected chi connectivity index (χ1v) is 7.43. The molecule has 0 radical (unpaired) electrons. The second-order valence-electron chi connectivity index (χ2n) is 4.76. The van der Waals surface area contributed by atoms with E-state index in [2.05, 4.69) is 52.9 Å². The van der Waals surface area contributed by atoms with E-state index in [0.29, 0.717) is 6.54 Å². The van der Waals surface area contributed by atoms with Crippen LogP contribution in [0.15, 0.2) is 48.5 Å². The van der Waals surface area contributed by atoms with Crippen LogP contribution in [0.4, 0.5) is 0 Å². The maximum absolute atomic E-state index is 12.4. The number of fused-ring (bicyclic) bond motifs is 1. The summed E-state index contributed by atoms with van der Waals surface area (Å²) in [4.78, 5) is 14.3. The van der Waals surface area contributed by atoms with Crippen molar-refractivity contribution in [3.8, 4) is 0 Å². The average molecular weight is 363 g/mol. The molecule has 0 unspecified atom stereocenters. The first-order chi connectivity index (χ1) is 9.24. The van der Waals surface area contributed by atoms with E-state index in [1.54, 1.807) is 0 Å². The molecule has 0 atom stereocenters. The molecule has 0 fully saturated rings. The van der Waals surface area contributed by atoms with Crippen LogP contribution in [0.25, 0.3) is 0 Å². The summed E-state index contributed by atoms with van der Waals surface area (Å²) >= 11 is 2.29. The number of hydrogen-bond donors (Lipinski definition) is 0. The highest BCUT2D eigenvalue weighted by Gasteiger charge is 2.23. The van der Waals surface area contributed by atoms with E-state index in [0.717, 1.165) is 18.5 Å². The fraction of sp³-hybridized carbons (Fsp3) is 0.188. The van der Waals surface area contributed by atoms with Crippen LogP contribution in [-0.2, 0) is 13.0 Å². The molecule has 19 heavy (non-hydrogen) atoms. The van der Waals surface area contributed by atoms with Crippen molar-refractivity contribution in [2.45, 2.75) is 13.0 Å². The third kappa shape index (κ3) is 2.66. The minimum atomic E-state index is 0.153. The van der Waals surface area contributed by atoms with Gasteiger partial charge in [0.25, 0.3) is 5.91 Å². The van der Waals surface area contributed by atoms with Crippen molar-refractivity contribution < 1.29 is 4.79 Å². The van der Waals surface area contributed by atoms with E-state index in [4.69, 9.17) is 0 Å². The Hall–Kier alpha value is -1.36. The molecule has 0 aliphatic carbocycles. The number of carbonyl (C=O) groups is 1. The Bertz CT molecular complexity index is 606. The Balaban J connectivity index is 1.81. The zero-order valence-electron chi connectivity index (χ0n) is 10.5. The average Bonchev–Trinajstić information content (AvgIpc) is 2.45. The SMILES string of the molecule is O=C1c2ccccc2CCN1Cc1ccc(I)cc1. The molecule has 0 bridgehead atoms. The number of carbonyl (C=O) groups excluding carboxylic acids is 1. The third-order valence-corrected chi connectivity index (χ3v) is 4.19. The van der Waals surface area contributed by atoms with Crippen LogP contribution in [0, 0.1) is 3.57 Å². The van der Waals surface area contributed by atoms with Gasteiger partial charge in [0.2, 0.25) is 0 Å². The lowest BCUT2D eigenvalue weighted by Gasteiger charge is -2.28. The molecule has 0 aromatic heterocycles. The van der Waals surface area contributed by atoms with Crippen molar-refractivity contribution in [3.05, 3.63) is 68.8 Å². The number of rotatable bonds is 2. The summed E-state index contributed by atoms with van der Waals surface area (Å²) in [6.07, 6.45) is 0.951. The summed E-state index contributed by atoms with van der Waals surface area (Å²) < 4.78 is 1.22. The Labute approximate surface area is 126 Å². The van der Waals surface area contributed by atoms with Crippen molar-refractivity contribution in [2.24, 2.45) is 0 Å². The van der Waals surface area contributed by atoms with Crippen LogP contribution in [0.5, 0.6) is 0 Å². The number of halogens is 1. The van der Waals surface area contributed by atoms with Crippen LogP contribution >= 0.6 is 22.6 Å². The minimum absolute atomic E-state index is 0.153. The molecular formula is C16H14INO. The fourth-order valence-electron chi connectivity index (χ4n) is 2.44. The summed E-state index contributed by atoms with van der Waals surface area (Å²) in [5.41, 5.74) is 3.22. The second-order valence-corrected chi connectivity index (χ2v) is 6.01. The minimum Gasteiger partial charge on any atom is -0.334 e. The Kier molecular flexibility index (Phi) is 3.55. The second kappa shape index (κ2) is 5.33. The molecule has 0 saturated carbocycles. The van der Waals surface area contributed by atoms with Gasteiger partial charge in [-0.15, -0.1) is 0 Å². The lowest BCUT2D eigenvalue weighted by Crippen LogP contribution is -2.36. The van der Waals surface area contributed by atoms with Gasteiger partial charge in [-0.2, -0.15) is 0 Å². The van der Waals surface area contributed by atoms with E-state index >= 15 is 0 Å². The molecule has 0 N–H and O–H groups in total. The lowest BCUT2D eigenvalue weighted by molar-refractivity contribution is 0.0727. The normalized spacial score (nSPS) is 14.4. The van der Waals surface area contributed by atoms with Gasteiger partial charge in [-0.3, -0.25) is 4.79 Å². The lowest BCUT2D eigenvalue weighted by atomic mass is 9.99. The first kappa shape index (κ1) is 12.7. The van der Waals surface area contributed by atoms with Gasteiger partial charge in [-0.05, 0) is 58.3 Å². The van der Waals surface area contributed by atoms with E-state index < -0.39 is 0 Å². The summed E-state index contributed by atoms with van der Waals surface area (Å²) in [6.45, 7) is 1.51. The van der Waals surface area contributed by atoms with Gasteiger partial charge in [0.05, 0.1) is 0 Å². The zero-order chi connectivity index (χ0) is 13.2. The van der Waals surface area contributed by atoms with Crippen molar-refractivity contribution in [2.75, 3.05) is 6.54 Å². The standard InChI is InChI=1S/C16H14INO/c17-14-7-5-12(6-8-14)11-18-10-9-13-3-1-2-4-15(13)16(18)19/h1-8H,9-11H2. The first-order valence-electron chi connectivity index (χ1n) is 6.35. The number of nitrogens with zero attached hydrogens (tertiary/aromatic N) is 1. The number of hydrogen-bond acceptors (Lipinski definition) is 1. The predicted molar refractivity (Wildman–Crippen MR) is 84.0 cm³/mol. The van der Waals surface area contributed by atoms with Crippen molar-refractivity contribution in [1.82, 2.24) is 4.90 Å². The van der Waals surface area contributed by atoms with E-state index in [1.807, 2.05) is 23.1 Å². The molecule has 3 rings (SSSR count). The Morgan fingerprint density at radius 3 is 2.58 bits per heavy atom. The quantitative estimate of drug-likeness (QED) is 0.748. The summed E-state index contributed by atoms with van der Waals surface area (Å²) in [7, 11) is 0.